The summed E-state index contributed by atoms with van der Waals surface area (Å²) in [6.45, 7) is 0.155. The Morgan fingerprint density at radius 2 is 2.08 bits per heavy atom. The monoisotopic (exact) mass is 186 g/mol. The summed E-state index contributed by atoms with van der Waals surface area (Å²) in [5.41, 5.74) is 5.75. The molecule has 0 saturated heterocycles. The van der Waals surface area contributed by atoms with Gasteiger partial charge >= 0.3 is 0 Å². The molecule has 0 aromatic heterocycles. The topological polar surface area (TPSA) is 64.3 Å². The number of nitrogens with two attached hydrogens (primary N) is 1. The Balaban J connectivity index is 2.18. The minimum absolute atomic E-state index is 0.0250. The summed E-state index contributed by atoms with van der Waals surface area (Å²) < 4.78 is 4.73. The van der Waals surface area contributed by atoms with Crippen LogP contribution in [0.3, 0.4) is 0 Å². The standard InChI is InChI=1S/C9H18N2O2/c1-13-6-9(12)11-8-4-2-7(10)3-5-8/h7-8H,2-6,10H2,1H3,(H,11,12)/t7-,8-. The minimum Gasteiger partial charge on any atom is -0.375 e. The zero-order chi connectivity index (χ0) is 9.68. The zero-order valence-corrected chi connectivity index (χ0v) is 8.08. The molecule has 0 atom stereocenters. The van der Waals surface area contributed by atoms with Gasteiger partial charge in [0.15, 0.2) is 0 Å². The van der Waals surface area contributed by atoms with Crippen molar-refractivity contribution in [3.05, 3.63) is 0 Å². The van der Waals surface area contributed by atoms with Crippen molar-refractivity contribution in [2.75, 3.05) is 13.7 Å². The van der Waals surface area contributed by atoms with E-state index in [2.05, 4.69) is 5.32 Å². The van der Waals surface area contributed by atoms with Gasteiger partial charge in [0, 0.05) is 19.2 Å². The summed E-state index contributed by atoms with van der Waals surface area (Å²) in [7, 11) is 1.52. The van der Waals surface area contributed by atoms with Gasteiger partial charge in [-0.15, -0.1) is 0 Å². The molecular weight excluding hydrogens is 168 g/mol. The van der Waals surface area contributed by atoms with Crippen LogP contribution in [-0.4, -0.2) is 31.7 Å². The van der Waals surface area contributed by atoms with E-state index in [1.807, 2.05) is 0 Å². The van der Waals surface area contributed by atoms with Crippen molar-refractivity contribution in [2.24, 2.45) is 5.73 Å². The Bertz CT molecular complexity index is 165. The summed E-state index contributed by atoms with van der Waals surface area (Å²) >= 11 is 0. The summed E-state index contributed by atoms with van der Waals surface area (Å²) in [4.78, 5) is 11.1. The normalized spacial score (nSPS) is 28.5. The van der Waals surface area contributed by atoms with Crippen LogP contribution in [0.5, 0.6) is 0 Å². The molecule has 1 aliphatic rings. The fourth-order valence-electron chi connectivity index (χ4n) is 1.66. The molecule has 1 rings (SSSR count). The number of carbonyl (C=O) groups is 1. The number of ether oxygens (including phenoxy) is 1. The molecule has 0 aromatic rings. The van der Waals surface area contributed by atoms with Gasteiger partial charge in [0.05, 0.1) is 0 Å². The van der Waals surface area contributed by atoms with Gasteiger partial charge in [-0.3, -0.25) is 4.79 Å². The van der Waals surface area contributed by atoms with Crippen LogP contribution in [0.2, 0.25) is 0 Å². The van der Waals surface area contributed by atoms with Gasteiger partial charge in [-0.1, -0.05) is 0 Å². The average molecular weight is 186 g/mol. The number of nitrogens with one attached hydrogen (secondary N) is 1. The average Bonchev–Trinajstić information content (AvgIpc) is 2.09. The fraction of sp³-hybridized carbons (Fsp3) is 0.889. The van der Waals surface area contributed by atoms with Crippen molar-refractivity contribution in [1.29, 1.82) is 0 Å². The van der Waals surface area contributed by atoms with E-state index in [9.17, 15) is 4.79 Å². The number of hydrogen-bond donors (Lipinski definition) is 2. The Kier molecular flexibility index (Phi) is 4.18. The number of rotatable bonds is 3. The van der Waals surface area contributed by atoms with Gasteiger partial charge < -0.3 is 15.8 Å². The largest absolute Gasteiger partial charge is 0.375 e. The van der Waals surface area contributed by atoms with E-state index in [0.29, 0.717) is 12.1 Å². The number of hydrogen-bond acceptors (Lipinski definition) is 3. The Morgan fingerprint density at radius 1 is 1.46 bits per heavy atom. The van der Waals surface area contributed by atoms with Crippen LogP contribution < -0.4 is 11.1 Å². The Labute approximate surface area is 78.8 Å². The van der Waals surface area contributed by atoms with Gasteiger partial charge in [-0.25, -0.2) is 0 Å². The molecule has 76 valence electrons. The van der Waals surface area contributed by atoms with Crippen LogP contribution in [0.1, 0.15) is 25.7 Å². The second-order valence-electron chi connectivity index (χ2n) is 3.61. The molecule has 1 aliphatic carbocycles. The van der Waals surface area contributed by atoms with Crippen molar-refractivity contribution >= 4 is 5.91 Å². The van der Waals surface area contributed by atoms with Crippen molar-refractivity contribution in [2.45, 2.75) is 37.8 Å². The van der Waals surface area contributed by atoms with Crippen molar-refractivity contribution in [3.63, 3.8) is 0 Å². The lowest BCUT2D eigenvalue weighted by Gasteiger charge is -2.26. The lowest BCUT2D eigenvalue weighted by atomic mass is 9.92. The third-order valence-corrected chi connectivity index (χ3v) is 2.41. The Hall–Kier alpha value is -0.610. The van der Waals surface area contributed by atoms with Gasteiger partial charge in [0.25, 0.3) is 0 Å². The summed E-state index contributed by atoms with van der Waals surface area (Å²) in [6, 6.07) is 0.637. The van der Waals surface area contributed by atoms with E-state index in [-0.39, 0.29) is 12.5 Å². The van der Waals surface area contributed by atoms with Crippen molar-refractivity contribution < 1.29 is 9.53 Å². The second-order valence-corrected chi connectivity index (χ2v) is 3.61. The van der Waals surface area contributed by atoms with E-state index < -0.39 is 0 Å². The first kappa shape index (κ1) is 10.5. The molecule has 0 unspecified atom stereocenters. The highest BCUT2D eigenvalue weighted by atomic mass is 16.5. The van der Waals surface area contributed by atoms with Crippen LogP contribution in [0.15, 0.2) is 0 Å². The Morgan fingerprint density at radius 3 is 2.62 bits per heavy atom. The predicted octanol–water partition coefficient (Wildman–Crippen LogP) is 0.0189. The quantitative estimate of drug-likeness (QED) is 0.653. The molecule has 0 radical (unpaired) electrons. The second kappa shape index (κ2) is 5.19. The first-order chi connectivity index (χ1) is 6.22. The number of methoxy groups -OCH3 is 1. The van der Waals surface area contributed by atoms with E-state index in [1.165, 1.54) is 7.11 Å². The molecular formula is C9H18N2O2. The maximum absolute atomic E-state index is 11.1. The van der Waals surface area contributed by atoms with Crippen LogP contribution in [-0.2, 0) is 9.53 Å². The smallest absolute Gasteiger partial charge is 0.246 e. The molecule has 0 bridgehead atoms. The highest BCUT2D eigenvalue weighted by molar-refractivity contribution is 5.77. The summed E-state index contributed by atoms with van der Waals surface area (Å²) in [5, 5.41) is 2.92. The van der Waals surface area contributed by atoms with Crippen molar-refractivity contribution in [3.8, 4) is 0 Å². The molecule has 0 aromatic carbocycles. The fourth-order valence-corrected chi connectivity index (χ4v) is 1.66. The predicted molar refractivity (Wildman–Crippen MR) is 50.3 cm³/mol. The highest BCUT2D eigenvalue weighted by Gasteiger charge is 2.19. The summed E-state index contributed by atoms with van der Waals surface area (Å²) in [5.74, 6) is -0.0250. The molecule has 0 spiro atoms. The van der Waals surface area contributed by atoms with Gasteiger partial charge in [0.1, 0.15) is 6.61 Å². The van der Waals surface area contributed by atoms with Crippen LogP contribution in [0, 0.1) is 0 Å². The lowest BCUT2D eigenvalue weighted by Crippen LogP contribution is -2.41. The minimum atomic E-state index is -0.0250. The molecule has 0 heterocycles. The number of carbonyl (C=O) groups excluding carboxylic acids is 1. The first-order valence-electron chi connectivity index (χ1n) is 4.76. The highest BCUT2D eigenvalue weighted by Crippen LogP contribution is 2.16. The van der Waals surface area contributed by atoms with Crippen LogP contribution >= 0.6 is 0 Å². The van der Waals surface area contributed by atoms with E-state index in [0.717, 1.165) is 25.7 Å². The maximum atomic E-state index is 11.1. The third kappa shape index (κ3) is 3.74. The molecule has 13 heavy (non-hydrogen) atoms. The number of amides is 1. The molecule has 1 amide bonds. The van der Waals surface area contributed by atoms with Crippen LogP contribution in [0.4, 0.5) is 0 Å². The maximum Gasteiger partial charge on any atom is 0.246 e. The van der Waals surface area contributed by atoms with Gasteiger partial charge in [-0.2, -0.15) is 0 Å². The molecule has 0 aliphatic heterocycles. The van der Waals surface area contributed by atoms with Crippen molar-refractivity contribution in [1.82, 2.24) is 5.32 Å². The molecule has 4 nitrogen and oxygen atoms in total. The van der Waals surface area contributed by atoms with E-state index in [4.69, 9.17) is 10.5 Å². The summed E-state index contributed by atoms with van der Waals surface area (Å²) in [6.07, 6.45) is 4.02. The molecule has 1 fully saturated rings. The first-order valence-corrected chi connectivity index (χ1v) is 4.76. The molecule has 1 saturated carbocycles. The zero-order valence-electron chi connectivity index (χ0n) is 8.08. The molecule has 4 heteroatoms. The van der Waals surface area contributed by atoms with E-state index in [1.54, 1.807) is 0 Å². The third-order valence-electron chi connectivity index (χ3n) is 2.41. The van der Waals surface area contributed by atoms with Crippen LogP contribution in [0.25, 0.3) is 0 Å². The van der Waals surface area contributed by atoms with Gasteiger partial charge in [-0.05, 0) is 25.7 Å². The lowest BCUT2D eigenvalue weighted by molar-refractivity contribution is -0.125. The van der Waals surface area contributed by atoms with E-state index >= 15 is 0 Å². The molecule has 3 N–H and O–H groups in total. The van der Waals surface area contributed by atoms with Gasteiger partial charge in [0.2, 0.25) is 5.91 Å². The SMILES string of the molecule is COCC(=O)N[C@H]1CC[C@H](N)CC1.